The van der Waals surface area contributed by atoms with Gasteiger partial charge in [-0.2, -0.15) is 0 Å². The maximum Gasteiger partial charge on any atom is 0.331 e. The molecule has 10 atom stereocenters. The Labute approximate surface area is 240 Å². The summed E-state index contributed by atoms with van der Waals surface area (Å²) < 4.78 is 22.4. The minimum atomic E-state index is -1.54. The third-order valence-electron chi connectivity index (χ3n) is 7.26. The molecule has 1 unspecified atom stereocenters. The molecule has 0 aromatic rings. The molecule has 3 aliphatic heterocycles. The Morgan fingerprint density at radius 2 is 1.76 bits per heavy atom. The quantitative estimate of drug-likeness (QED) is 0.206. The van der Waals surface area contributed by atoms with E-state index < -0.39 is 61.3 Å². The Morgan fingerprint density at radius 1 is 0.976 bits per heavy atom. The molecule has 3 aliphatic rings. The lowest BCUT2D eigenvalue weighted by atomic mass is 9.95. The number of hydrogen-bond donors (Lipinski definition) is 6. The molecule has 2 saturated heterocycles. The van der Waals surface area contributed by atoms with E-state index in [-0.39, 0.29) is 31.5 Å². The summed E-state index contributed by atoms with van der Waals surface area (Å²) in [6.45, 7) is 1.31. The van der Waals surface area contributed by atoms with Crippen LogP contribution in [0.5, 0.6) is 0 Å². The van der Waals surface area contributed by atoms with E-state index in [4.69, 9.17) is 18.9 Å². The predicted molar refractivity (Wildman–Crippen MR) is 148 cm³/mol. The van der Waals surface area contributed by atoms with Gasteiger partial charge in [0, 0.05) is 24.8 Å². The highest BCUT2D eigenvalue weighted by Gasteiger charge is 2.44. The number of allylic oxidation sites excluding steroid dienone is 6. The van der Waals surface area contributed by atoms with E-state index in [0.717, 1.165) is 0 Å². The minimum absolute atomic E-state index is 0.0690. The molecule has 11 nitrogen and oxygen atoms in total. The number of cyclic esters (lactones) is 1. The van der Waals surface area contributed by atoms with Crippen molar-refractivity contribution in [2.75, 3.05) is 13.2 Å². The second-order valence-electron chi connectivity index (χ2n) is 10.7. The van der Waals surface area contributed by atoms with Crippen molar-refractivity contribution in [1.29, 1.82) is 0 Å². The van der Waals surface area contributed by atoms with Crippen molar-refractivity contribution in [1.82, 2.24) is 0 Å². The number of hydrogen-bond acceptors (Lipinski definition) is 11. The van der Waals surface area contributed by atoms with Gasteiger partial charge in [-0.15, -0.1) is 0 Å². The number of aliphatic hydroxyl groups is 6. The van der Waals surface area contributed by atoms with Crippen molar-refractivity contribution >= 4 is 5.97 Å². The molecule has 41 heavy (non-hydrogen) atoms. The second kappa shape index (κ2) is 16.4. The first-order valence-electron chi connectivity index (χ1n) is 14.2. The molecule has 0 aliphatic carbocycles. The molecule has 3 rings (SSSR count). The van der Waals surface area contributed by atoms with Gasteiger partial charge >= 0.3 is 5.97 Å². The minimum Gasteiger partial charge on any atom is -0.460 e. The molecule has 230 valence electrons. The van der Waals surface area contributed by atoms with Crippen LogP contribution in [0, 0.1) is 5.92 Å². The van der Waals surface area contributed by atoms with Crippen LogP contribution >= 0.6 is 0 Å². The molecule has 0 aromatic carbocycles. The lowest BCUT2D eigenvalue weighted by Crippen LogP contribution is -2.59. The van der Waals surface area contributed by atoms with E-state index in [1.54, 1.807) is 43.4 Å². The average Bonchev–Trinajstić information content (AvgIpc) is 2.94. The summed E-state index contributed by atoms with van der Waals surface area (Å²) in [6, 6.07) is 0. The summed E-state index contributed by atoms with van der Waals surface area (Å²) in [7, 11) is 0. The fourth-order valence-corrected chi connectivity index (χ4v) is 4.75. The Morgan fingerprint density at radius 3 is 2.54 bits per heavy atom. The average molecular weight is 581 g/mol. The predicted octanol–water partition coefficient (Wildman–Crippen LogP) is 0.934. The Bertz CT molecular complexity index is 958. The molecule has 11 heteroatoms. The van der Waals surface area contributed by atoms with Crippen molar-refractivity contribution in [3.05, 3.63) is 60.8 Å². The maximum atomic E-state index is 12.1. The number of esters is 1. The van der Waals surface area contributed by atoms with Crippen molar-refractivity contribution in [2.45, 2.75) is 100 Å². The van der Waals surface area contributed by atoms with Gasteiger partial charge in [0.2, 0.25) is 0 Å². The fraction of sp³-hybridized carbons (Fsp3) is 0.633. The van der Waals surface area contributed by atoms with E-state index in [1.165, 1.54) is 6.08 Å². The van der Waals surface area contributed by atoms with E-state index in [0.29, 0.717) is 25.7 Å². The number of ether oxygens (including phenoxy) is 4. The lowest BCUT2D eigenvalue weighted by molar-refractivity contribution is -0.302. The highest BCUT2D eigenvalue weighted by atomic mass is 16.7. The summed E-state index contributed by atoms with van der Waals surface area (Å²) in [5, 5.41) is 61.0. The molecule has 0 amide bonds. The Kier molecular flexibility index (Phi) is 13.4. The van der Waals surface area contributed by atoms with Crippen LogP contribution in [0.2, 0.25) is 0 Å². The molecule has 0 spiro atoms. The van der Waals surface area contributed by atoms with Crippen LogP contribution in [0.15, 0.2) is 60.8 Å². The second-order valence-corrected chi connectivity index (χ2v) is 10.7. The standard InChI is InChI=1S/C30H44O11/c1-20-10-7-8-13-23-22(32)15-17-30(37,41-23)16-9-3-5-12-21(11-4-2-6-14-25(33)39-20)19-38-29-28(36)27(35)26(34)24(18-31)40-29/h2-6,8-9,12-14,20-24,26-29,31-32,34-37H,7,10-11,15-19H2,1H3/t20?,21-,22+,23+,24-,26-,27+,28-,29-,30-/m1/s1. The van der Waals surface area contributed by atoms with E-state index in [1.807, 2.05) is 18.2 Å². The summed E-state index contributed by atoms with van der Waals surface area (Å²) in [6.07, 6.45) is 11.3. The largest absolute Gasteiger partial charge is 0.460 e. The van der Waals surface area contributed by atoms with Gasteiger partial charge in [0.05, 0.1) is 25.4 Å². The Hall–Kier alpha value is -2.19. The van der Waals surface area contributed by atoms with Gasteiger partial charge in [-0.3, -0.25) is 0 Å². The first-order chi connectivity index (χ1) is 19.6. The smallest absolute Gasteiger partial charge is 0.331 e. The third kappa shape index (κ3) is 10.5. The molecule has 0 aromatic heterocycles. The molecule has 6 N–H and O–H groups in total. The van der Waals surface area contributed by atoms with Crippen molar-refractivity contribution in [3.63, 3.8) is 0 Å². The molecular weight excluding hydrogens is 536 g/mol. The molecule has 0 radical (unpaired) electrons. The highest BCUT2D eigenvalue weighted by molar-refractivity contribution is 5.82. The van der Waals surface area contributed by atoms with Crippen LogP contribution in [0.25, 0.3) is 0 Å². The van der Waals surface area contributed by atoms with Crippen LogP contribution in [-0.2, 0) is 23.7 Å². The van der Waals surface area contributed by atoms with Gasteiger partial charge in [-0.05, 0) is 32.6 Å². The third-order valence-corrected chi connectivity index (χ3v) is 7.26. The Balaban J connectivity index is 1.71. The van der Waals surface area contributed by atoms with Gasteiger partial charge in [-0.1, -0.05) is 54.7 Å². The van der Waals surface area contributed by atoms with Crippen LogP contribution < -0.4 is 0 Å². The summed E-state index contributed by atoms with van der Waals surface area (Å²) in [4.78, 5) is 12.1. The zero-order valence-corrected chi connectivity index (χ0v) is 23.4. The summed E-state index contributed by atoms with van der Waals surface area (Å²) in [5.74, 6) is -2.11. The van der Waals surface area contributed by atoms with E-state index in [2.05, 4.69) is 0 Å². The van der Waals surface area contributed by atoms with Gasteiger partial charge < -0.3 is 49.6 Å². The molecule has 0 saturated carbocycles. The molecular formula is C30H44O11. The fourth-order valence-electron chi connectivity index (χ4n) is 4.75. The van der Waals surface area contributed by atoms with Crippen LogP contribution in [0.4, 0.5) is 0 Å². The van der Waals surface area contributed by atoms with E-state index >= 15 is 0 Å². The van der Waals surface area contributed by atoms with Crippen LogP contribution in [0.1, 0.15) is 45.4 Å². The normalized spacial score (nSPS) is 39.7. The molecule has 3 heterocycles. The SMILES string of the molecule is CC1CCC=C[C@@H]2O[C@](O)(CC=CC=C[C@H](CO[C@@H]3O[C@H](CO)[C@@H](O)[C@H](O)[C@H]3O)CC=CC=CC(=O)O1)CC[C@@H]2O. The van der Waals surface area contributed by atoms with Crippen LogP contribution in [0.3, 0.4) is 0 Å². The van der Waals surface area contributed by atoms with Gasteiger partial charge in [0.1, 0.15) is 30.5 Å². The van der Waals surface area contributed by atoms with Gasteiger partial charge in [0.15, 0.2) is 12.1 Å². The van der Waals surface area contributed by atoms with Gasteiger partial charge in [0.25, 0.3) is 0 Å². The molecule has 2 bridgehead atoms. The number of fused-ring (bicyclic) bond motifs is 2. The highest BCUT2D eigenvalue weighted by Crippen LogP contribution is 2.31. The topological polar surface area (TPSA) is 175 Å². The molecule has 2 fully saturated rings. The first-order valence-corrected chi connectivity index (χ1v) is 14.2. The number of rotatable bonds is 4. The van der Waals surface area contributed by atoms with E-state index in [9.17, 15) is 35.4 Å². The monoisotopic (exact) mass is 580 g/mol. The zero-order chi connectivity index (χ0) is 29.8. The van der Waals surface area contributed by atoms with Gasteiger partial charge in [-0.25, -0.2) is 4.79 Å². The zero-order valence-electron chi connectivity index (χ0n) is 23.4. The van der Waals surface area contributed by atoms with Crippen molar-refractivity contribution < 1.29 is 54.4 Å². The summed E-state index contributed by atoms with van der Waals surface area (Å²) in [5.41, 5.74) is 0. The van der Waals surface area contributed by atoms with Crippen molar-refractivity contribution in [2.24, 2.45) is 5.92 Å². The van der Waals surface area contributed by atoms with Crippen molar-refractivity contribution in [3.8, 4) is 0 Å². The first kappa shape index (κ1) is 33.3. The summed E-state index contributed by atoms with van der Waals surface area (Å²) >= 11 is 0. The lowest BCUT2D eigenvalue weighted by Gasteiger charge is -2.39. The number of carbonyl (C=O) groups is 1. The maximum absolute atomic E-state index is 12.1. The number of aliphatic hydroxyl groups excluding tert-OH is 5. The van der Waals surface area contributed by atoms with Crippen LogP contribution in [-0.4, -0.2) is 105 Å². The number of carbonyl (C=O) groups excluding carboxylic acids is 1.